The van der Waals surface area contributed by atoms with Gasteiger partial charge in [-0.05, 0) is 58.5 Å². The molecule has 1 aliphatic carbocycles. The molecule has 184 valence electrons. The molecule has 1 aliphatic rings. The van der Waals surface area contributed by atoms with Crippen LogP contribution in [-0.4, -0.2) is 13.2 Å². The molecule has 0 saturated heterocycles. The largest absolute Gasteiger partial charge is 0.490 e. The topological polar surface area (TPSA) is 18.5 Å². The van der Waals surface area contributed by atoms with E-state index in [-0.39, 0.29) is 11.3 Å². The van der Waals surface area contributed by atoms with E-state index in [4.69, 9.17) is 9.47 Å². The number of benzene rings is 4. The first-order valence-corrected chi connectivity index (χ1v) is 12.7. The summed E-state index contributed by atoms with van der Waals surface area (Å²) in [6, 6.07) is 38.8. The van der Waals surface area contributed by atoms with Crippen molar-refractivity contribution < 1.29 is 9.47 Å². The van der Waals surface area contributed by atoms with Crippen LogP contribution in [0.15, 0.2) is 141 Å². The minimum absolute atomic E-state index is 0.135. The van der Waals surface area contributed by atoms with E-state index >= 15 is 0 Å². The number of hydrogen-bond acceptors (Lipinski definition) is 2. The molecular formula is C35H32O2. The van der Waals surface area contributed by atoms with Gasteiger partial charge in [0.2, 0.25) is 0 Å². The maximum Gasteiger partial charge on any atom is 0.119 e. The van der Waals surface area contributed by atoms with Gasteiger partial charge < -0.3 is 9.47 Å². The summed E-state index contributed by atoms with van der Waals surface area (Å²) in [6.45, 7) is 8.51. The molecule has 1 unspecified atom stereocenters. The predicted molar refractivity (Wildman–Crippen MR) is 153 cm³/mol. The minimum atomic E-state index is -0.291. The lowest BCUT2D eigenvalue weighted by atomic mass is 9.63. The lowest BCUT2D eigenvalue weighted by Crippen LogP contribution is -2.32. The third-order valence-corrected chi connectivity index (χ3v) is 7.16. The fourth-order valence-electron chi connectivity index (χ4n) is 5.54. The highest BCUT2D eigenvalue weighted by Gasteiger charge is 2.47. The Morgan fingerprint density at radius 2 is 1.14 bits per heavy atom. The van der Waals surface area contributed by atoms with E-state index in [2.05, 4.69) is 128 Å². The summed E-state index contributed by atoms with van der Waals surface area (Å²) in [5.41, 5.74) is 6.14. The highest BCUT2D eigenvalue weighted by atomic mass is 16.5. The fraction of sp³-hybridized carbons (Fsp3) is 0.143. The maximum atomic E-state index is 5.81. The predicted octanol–water partition coefficient (Wildman–Crippen LogP) is 8.37. The fourth-order valence-corrected chi connectivity index (χ4v) is 5.54. The van der Waals surface area contributed by atoms with Crippen molar-refractivity contribution in [2.75, 3.05) is 13.2 Å². The average molecular weight is 485 g/mol. The monoisotopic (exact) mass is 484 g/mol. The molecule has 0 N–H and O–H groups in total. The Balaban J connectivity index is 1.67. The normalized spacial score (nSPS) is 16.0. The highest BCUT2D eigenvalue weighted by molar-refractivity contribution is 5.78. The summed E-state index contributed by atoms with van der Waals surface area (Å²) in [5, 5.41) is 0. The van der Waals surface area contributed by atoms with Gasteiger partial charge in [-0.15, -0.1) is 0 Å². The number of hydrogen-bond donors (Lipinski definition) is 0. The van der Waals surface area contributed by atoms with Crippen LogP contribution >= 0.6 is 0 Å². The Labute approximate surface area is 220 Å². The van der Waals surface area contributed by atoms with Gasteiger partial charge in [-0.3, -0.25) is 0 Å². The van der Waals surface area contributed by atoms with Crippen LogP contribution in [0.25, 0.3) is 5.57 Å². The SMILES string of the molecule is C=CCOc1ccc(C2(c3ccc(OCC=C)cc3)CC=C(c3ccccc3)C2c2ccccc2)cc1. The molecule has 2 heteroatoms. The number of allylic oxidation sites excluding steroid dienone is 2. The molecule has 0 saturated carbocycles. The van der Waals surface area contributed by atoms with Crippen molar-refractivity contribution in [1.82, 2.24) is 0 Å². The second-order valence-corrected chi connectivity index (χ2v) is 9.29. The van der Waals surface area contributed by atoms with Crippen molar-refractivity contribution in [3.63, 3.8) is 0 Å². The van der Waals surface area contributed by atoms with Crippen LogP contribution < -0.4 is 9.47 Å². The van der Waals surface area contributed by atoms with Gasteiger partial charge in [0.05, 0.1) is 0 Å². The first kappa shape index (κ1) is 24.4. The van der Waals surface area contributed by atoms with Crippen molar-refractivity contribution in [3.8, 4) is 11.5 Å². The lowest BCUT2D eigenvalue weighted by molar-refractivity contribution is 0.362. The minimum Gasteiger partial charge on any atom is -0.490 e. The van der Waals surface area contributed by atoms with Gasteiger partial charge in [0, 0.05) is 11.3 Å². The summed E-state index contributed by atoms with van der Waals surface area (Å²) in [4.78, 5) is 0. The molecule has 0 aliphatic heterocycles. The maximum absolute atomic E-state index is 5.81. The van der Waals surface area contributed by atoms with E-state index in [0.717, 1.165) is 17.9 Å². The van der Waals surface area contributed by atoms with Crippen LogP contribution in [-0.2, 0) is 5.41 Å². The zero-order valence-corrected chi connectivity index (χ0v) is 21.1. The average Bonchev–Trinajstić information content (AvgIpc) is 3.38. The molecule has 0 amide bonds. The standard InChI is InChI=1S/C35H32O2/c1-3-25-36-31-19-15-29(16-20-31)35(30-17-21-32(22-18-30)37-26-4-2)24-23-33(27-11-7-5-8-12-27)34(35)28-13-9-6-10-14-28/h3-23,34H,1-2,24-26H2. The first-order valence-electron chi connectivity index (χ1n) is 12.7. The summed E-state index contributed by atoms with van der Waals surface area (Å²) in [6.07, 6.45) is 6.85. The highest BCUT2D eigenvalue weighted by Crippen LogP contribution is 2.58. The molecule has 5 rings (SSSR count). The number of rotatable bonds is 10. The van der Waals surface area contributed by atoms with Crippen LogP contribution in [0.3, 0.4) is 0 Å². The van der Waals surface area contributed by atoms with Crippen LogP contribution in [0.2, 0.25) is 0 Å². The Bertz CT molecular complexity index is 1300. The van der Waals surface area contributed by atoms with Gasteiger partial charge in [-0.25, -0.2) is 0 Å². The molecular weight excluding hydrogens is 452 g/mol. The molecule has 0 aromatic heterocycles. The molecule has 0 bridgehead atoms. The van der Waals surface area contributed by atoms with Crippen LogP contribution in [0.4, 0.5) is 0 Å². The number of ether oxygens (including phenoxy) is 2. The molecule has 4 aromatic carbocycles. The molecule has 0 radical (unpaired) electrons. The van der Waals surface area contributed by atoms with Crippen molar-refractivity contribution in [2.24, 2.45) is 0 Å². The van der Waals surface area contributed by atoms with E-state index in [9.17, 15) is 0 Å². The summed E-state index contributed by atoms with van der Waals surface area (Å²) < 4.78 is 11.6. The second-order valence-electron chi connectivity index (χ2n) is 9.29. The molecule has 37 heavy (non-hydrogen) atoms. The van der Waals surface area contributed by atoms with Gasteiger partial charge in [0.15, 0.2) is 0 Å². The van der Waals surface area contributed by atoms with Gasteiger partial charge in [-0.1, -0.05) is 116 Å². The summed E-state index contributed by atoms with van der Waals surface area (Å²) in [7, 11) is 0. The van der Waals surface area contributed by atoms with Crippen molar-refractivity contribution >= 4 is 5.57 Å². The molecule has 0 heterocycles. The van der Waals surface area contributed by atoms with E-state index < -0.39 is 0 Å². The van der Waals surface area contributed by atoms with Crippen molar-refractivity contribution in [1.29, 1.82) is 0 Å². The lowest BCUT2D eigenvalue weighted by Gasteiger charge is -2.39. The third kappa shape index (κ3) is 4.88. The molecule has 2 nitrogen and oxygen atoms in total. The van der Waals surface area contributed by atoms with Gasteiger partial charge in [-0.2, -0.15) is 0 Å². The summed E-state index contributed by atoms with van der Waals surface area (Å²) >= 11 is 0. The Morgan fingerprint density at radius 1 is 0.649 bits per heavy atom. The van der Waals surface area contributed by atoms with Crippen molar-refractivity contribution in [3.05, 3.63) is 163 Å². The van der Waals surface area contributed by atoms with Gasteiger partial charge in [0.1, 0.15) is 24.7 Å². The molecule has 0 fully saturated rings. The Hall–Kier alpha value is -4.30. The summed E-state index contributed by atoms with van der Waals surface area (Å²) in [5.74, 6) is 1.82. The quantitative estimate of drug-likeness (QED) is 0.211. The zero-order chi connectivity index (χ0) is 25.5. The smallest absolute Gasteiger partial charge is 0.119 e. The zero-order valence-electron chi connectivity index (χ0n) is 21.1. The third-order valence-electron chi connectivity index (χ3n) is 7.16. The van der Waals surface area contributed by atoms with E-state index in [1.54, 1.807) is 12.2 Å². The second kappa shape index (κ2) is 11.2. The van der Waals surface area contributed by atoms with Crippen molar-refractivity contribution in [2.45, 2.75) is 17.8 Å². The van der Waals surface area contributed by atoms with E-state index in [1.807, 2.05) is 0 Å². The van der Waals surface area contributed by atoms with Crippen LogP contribution in [0, 0.1) is 0 Å². The Kier molecular flexibility index (Phi) is 7.37. The van der Waals surface area contributed by atoms with Crippen LogP contribution in [0.1, 0.15) is 34.6 Å². The van der Waals surface area contributed by atoms with E-state index in [0.29, 0.717) is 13.2 Å². The molecule has 1 atom stereocenters. The van der Waals surface area contributed by atoms with Crippen LogP contribution in [0.5, 0.6) is 11.5 Å². The molecule has 0 spiro atoms. The Morgan fingerprint density at radius 3 is 1.62 bits per heavy atom. The van der Waals surface area contributed by atoms with Gasteiger partial charge in [0.25, 0.3) is 0 Å². The van der Waals surface area contributed by atoms with Gasteiger partial charge >= 0.3 is 0 Å². The molecule has 4 aromatic rings. The van der Waals surface area contributed by atoms with E-state index in [1.165, 1.54) is 27.8 Å². The first-order chi connectivity index (χ1) is 18.3.